The molecule has 0 saturated carbocycles. The first kappa shape index (κ1) is 13.4. The van der Waals surface area contributed by atoms with Crippen LogP contribution in [0.2, 0.25) is 0 Å². The molecule has 1 aromatic carbocycles. The van der Waals surface area contributed by atoms with E-state index >= 15 is 0 Å². The first-order chi connectivity index (χ1) is 16.0. The van der Waals surface area contributed by atoms with Crippen molar-refractivity contribution in [3.05, 3.63) is 82.8 Å². The molecule has 0 saturated heterocycles. The topological polar surface area (TPSA) is 87.7 Å². The molecule has 0 aliphatic rings. The maximum atomic E-state index is 12.4. The minimum atomic E-state index is -2.96. The van der Waals surface area contributed by atoms with Gasteiger partial charge in [0.15, 0.2) is 11.6 Å². The molecule has 146 valence electrons. The Morgan fingerprint density at radius 3 is 2.83 bits per heavy atom. The molecule has 4 rings (SSSR count). The number of benzene rings is 1. The third-order valence-electron chi connectivity index (χ3n) is 4.19. The van der Waals surface area contributed by atoms with Crippen molar-refractivity contribution in [2.24, 2.45) is 7.05 Å². The van der Waals surface area contributed by atoms with Gasteiger partial charge in [-0.2, -0.15) is 10.2 Å². The lowest BCUT2D eigenvalue weighted by atomic mass is 10.1. The van der Waals surface area contributed by atoms with Crippen LogP contribution >= 0.6 is 0 Å². The van der Waals surface area contributed by atoms with Gasteiger partial charge in [0.2, 0.25) is 5.43 Å². The van der Waals surface area contributed by atoms with Crippen molar-refractivity contribution in [3.63, 3.8) is 0 Å². The zero-order valence-corrected chi connectivity index (χ0v) is 15.5. The van der Waals surface area contributed by atoms with Crippen molar-refractivity contribution in [2.45, 2.75) is 13.3 Å². The molecule has 0 aliphatic heterocycles. The first-order valence-electron chi connectivity index (χ1n) is 11.2. The van der Waals surface area contributed by atoms with Crippen LogP contribution < -0.4 is 10.2 Å². The molecule has 0 bridgehead atoms. The molecule has 29 heavy (non-hydrogen) atoms. The summed E-state index contributed by atoms with van der Waals surface area (Å²) in [6, 6.07) is 8.72. The molecule has 0 atom stereocenters. The molecular weight excluding hydrogens is 368 g/mol. The molecule has 8 heteroatoms. The monoisotopic (exact) mass is 393 g/mol. The Labute approximate surface area is 174 Å². The summed E-state index contributed by atoms with van der Waals surface area (Å²) in [4.78, 5) is 20.7. The Kier molecular flexibility index (Phi) is 3.72. The molecule has 0 radical (unpaired) electrons. The van der Waals surface area contributed by atoms with Crippen LogP contribution in [0.25, 0.3) is 17.1 Å². The molecule has 0 fully saturated rings. The van der Waals surface area contributed by atoms with Crippen molar-refractivity contribution in [3.8, 4) is 22.8 Å². The largest absolute Gasteiger partial charge is 0.491 e. The lowest BCUT2D eigenvalue weighted by Gasteiger charge is -2.07. The zero-order chi connectivity index (χ0) is 24.5. The number of nitrogens with zero attached hydrogens (tertiary/aromatic N) is 6. The Morgan fingerprint density at radius 2 is 2.07 bits per heavy atom. The summed E-state index contributed by atoms with van der Waals surface area (Å²) in [5, 5.41) is 8.56. The summed E-state index contributed by atoms with van der Waals surface area (Å²) in [6.07, 6.45) is 7.74. The smallest absolute Gasteiger partial charge is 0.203 e. The van der Waals surface area contributed by atoms with Gasteiger partial charge in [-0.1, -0.05) is 18.2 Å². The first-order valence-corrected chi connectivity index (χ1v) is 8.70. The highest BCUT2D eigenvalue weighted by molar-refractivity contribution is 5.56. The van der Waals surface area contributed by atoms with Gasteiger partial charge < -0.3 is 4.74 Å². The van der Waals surface area contributed by atoms with E-state index in [1.54, 1.807) is 47.1 Å². The van der Waals surface area contributed by atoms with Gasteiger partial charge >= 0.3 is 0 Å². The molecule has 4 aromatic rings. The SMILES string of the molecule is [2H]C([2H])([2H])C([2H])([2H])Oc1cnc(-c2cccc(Cc3nn(-c4cnn(C)c4)ccc3=O)c2)nc1. The number of hydrogen-bond acceptors (Lipinski definition) is 6. The van der Waals surface area contributed by atoms with Crippen LogP contribution in [0.3, 0.4) is 0 Å². The fourth-order valence-corrected chi connectivity index (χ4v) is 2.83. The van der Waals surface area contributed by atoms with Crippen LogP contribution in [0.5, 0.6) is 5.75 Å². The van der Waals surface area contributed by atoms with E-state index in [0.717, 1.165) is 11.3 Å². The van der Waals surface area contributed by atoms with Crippen LogP contribution in [-0.4, -0.2) is 36.1 Å². The maximum Gasteiger partial charge on any atom is 0.203 e. The van der Waals surface area contributed by atoms with E-state index in [-0.39, 0.29) is 17.6 Å². The van der Waals surface area contributed by atoms with E-state index in [0.29, 0.717) is 17.1 Å². The van der Waals surface area contributed by atoms with Gasteiger partial charge in [0.05, 0.1) is 34.1 Å². The average Bonchev–Trinajstić information content (AvgIpc) is 3.21. The number of rotatable bonds is 6. The number of aromatic nitrogens is 6. The van der Waals surface area contributed by atoms with Crippen molar-refractivity contribution in [1.82, 2.24) is 29.5 Å². The fourth-order valence-electron chi connectivity index (χ4n) is 2.83. The van der Waals surface area contributed by atoms with E-state index in [4.69, 9.17) is 11.6 Å². The van der Waals surface area contributed by atoms with Crippen molar-refractivity contribution in [2.75, 3.05) is 6.56 Å². The van der Waals surface area contributed by atoms with Gasteiger partial charge in [-0.3, -0.25) is 9.48 Å². The molecule has 3 heterocycles. The average molecular weight is 393 g/mol. The lowest BCUT2D eigenvalue weighted by Crippen LogP contribution is -2.16. The highest BCUT2D eigenvalue weighted by Gasteiger charge is 2.09. The van der Waals surface area contributed by atoms with Gasteiger partial charge in [0, 0.05) is 35.4 Å². The van der Waals surface area contributed by atoms with Crippen LogP contribution in [-0.2, 0) is 13.5 Å². The summed E-state index contributed by atoms with van der Waals surface area (Å²) >= 11 is 0. The van der Waals surface area contributed by atoms with E-state index in [1.807, 2.05) is 12.1 Å². The second-order valence-electron chi connectivity index (χ2n) is 6.27. The minimum Gasteiger partial charge on any atom is -0.491 e. The normalized spacial score (nSPS) is 14.3. The highest BCUT2D eigenvalue weighted by atomic mass is 16.5. The molecule has 3 aromatic heterocycles. The van der Waals surface area contributed by atoms with Gasteiger partial charge in [0.1, 0.15) is 11.4 Å². The predicted molar refractivity (Wildman–Crippen MR) is 108 cm³/mol. The summed E-state index contributed by atoms with van der Waals surface area (Å²) in [5.41, 5.74) is 2.38. The predicted octanol–water partition coefficient (Wildman–Crippen LogP) is 2.41. The standard InChI is InChI=1S/C21H20N6O2/c1-3-29-18-12-22-21(23-13-18)16-6-4-5-15(9-16)10-19-20(28)7-8-27(25-19)17-11-24-26(2)14-17/h4-9,11-14H,3,10H2,1-2H3/i1D3,3D2. The zero-order valence-electron chi connectivity index (χ0n) is 20.5. The third-order valence-corrected chi connectivity index (χ3v) is 4.19. The second-order valence-corrected chi connectivity index (χ2v) is 6.27. The number of hydrogen-bond donors (Lipinski definition) is 0. The Bertz CT molecular complexity index is 1370. The third kappa shape index (κ3) is 4.21. The molecule has 0 unspecified atom stereocenters. The van der Waals surface area contributed by atoms with Crippen LogP contribution in [0, 0.1) is 0 Å². The fraction of sp³-hybridized carbons (Fsp3) is 0.190. The maximum absolute atomic E-state index is 12.4. The van der Waals surface area contributed by atoms with E-state index in [1.165, 1.54) is 18.5 Å². The minimum absolute atomic E-state index is 0.106. The second kappa shape index (κ2) is 8.05. The Morgan fingerprint density at radius 1 is 1.21 bits per heavy atom. The molecule has 0 N–H and O–H groups in total. The van der Waals surface area contributed by atoms with E-state index in [9.17, 15) is 4.79 Å². The Balaban J connectivity index is 1.55. The molecule has 0 amide bonds. The molecule has 8 nitrogen and oxygen atoms in total. The van der Waals surface area contributed by atoms with Crippen molar-refractivity contribution < 1.29 is 11.6 Å². The number of aryl methyl sites for hydroxylation is 1. The molecule has 0 aliphatic carbocycles. The van der Waals surface area contributed by atoms with Gasteiger partial charge in [0.25, 0.3) is 0 Å². The van der Waals surface area contributed by atoms with Crippen LogP contribution in [0.15, 0.2) is 66.1 Å². The molecular formula is C21H20N6O2. The van der Waals surface area contributed by atoms with Gasteiger partial charge in [-0.25, -0.2) is 14.6 Å². The lowest BCUT2D eigenvalue weighted by molar-refractivity contribution is 0.337. The van der Waals surface area contributed by atoms with Crippen LogP contribution in [0.4, 0.5) is 0 Å². The van der Waals surface area contributed by atoms with Gasteiger partial charge in [-0.05, 0) is 18.5 Å². The summed E-state index contributed by atoms with van der Waals surface area (Å²) < 4.78 is 44.9. The van der Waals surface area contributed by atoms with Crippen LogP contribution in [0.1, 0.15) is 25.0 Å². The number of ether oxygens (including phenoxy) is 1. The van der Waals surface area contributed by atoms with Gasteiger partial charge in [-0.15, -0.1) is 0 Å². The highest BCUT2D eigenvalue weighted by Crippen LogP contribution is 2.19. The van der Waals surface area contributed by atoms with E-state index < -0.39 is 13.4 Å². The van der Waals surface area contributed by atoms with E-state index in [2.05, 4.69) is 20.2 Å². The van der Waals surface area contributed by atoms with Crippen molar-refractivity contribution in [1.29, 1.82) is 0 Å². The summed E-state index contributed by atoms with van der Waals surface area (Å²) in [7, 11) is 1.79. The Hall–Kier alpha value is -3.81. The quantitative estimate of drug-likeness (QED) is 0.500. The summed E-state index contributed by atoms with van der Waals surface area (Å²) in [6.45, 7) is -5.83. The molecule has 0 spiro atoms. The summed E-state index contributed by atoms with van der Waals surface area (Å²) in [5.74, 6) is 0.225. The van der Waals surface area contributed by atoms with Crippen molar-refractivity contribution >= 4 is 0 Å².